The van der Waals surface area contributed by atoms with Crippen molar-refractivity contribution in [2.24, 2.45) is 0 Å². The third-order valence-corrected chi connectivity index (χ3v) is 7.07. The number of para-hydroxylation sites is 1. The number of sulfonamides is 1. The molecule has 0 aliphatic heterocycles. The van der Waals surface area contributed by atoms with Crippen LogP contribution < -0.4 is 19.5 Å². The van der Waals surface area contributed by atoms with Gasteiger partial charge in [0.05, 0.1) is 31.8 Å². The van der Waals surface area contributed by atoms with Gasteiger partial charge in [0.25, 0.3) is 15.9 Å². The predicted molar refractivity (Wildman–Crippen MR) is 128 cm³/mol. The molecule has 0 saturated heterocycles. The molecule has 4 rings (SSSR count). The Hall–Kier alpha value is -3.66. The van der Waals surface area contributed by atoms with E-state index in [4.69, 9.17) is 9.47 Å². The van der Waals surface area contributed by atoms with E-state index in [1.54, 1.807) is 6.07 Å². The third-order valence-electron chi connectivity index (χ3n) is 5.73. The van der Waals surface area contributed by atoms with Gasteiger partial charge in [0.15, 0.2) is 4.90 Å². The molecule has 2 aromatic heterocycles. The number of aryl methyl sites for hydroxylation is 4. The highest BCUT2D eigenvalue weighted by Gasteiger charge is 2.25. The first kappa shape index (κ1) is 23.5. The zero-order chi connectivity index (χ0) is 24.5. The van der Waals surface area contributed by atoms with Crippen LogP contribution in [0.15, 0.2) is 41.4 Å². The zero-order valence-corrected chi connectivity index (χ0v) is 20.2. The molecule has 178 valence electrons. The molecule has 0 radical (unpaired) electrons. The monoisotopic (exact) mass is 482 g/mol. The number of ether oxygens (including phenoxy) is 2. The Bertz CT molecular complexity index is 1350. The number of hydrogen-bond donors (Lipinski definition) is 2. The normalized spacial score (nSPS) is 12.7. The van der Waals surface area contributed by atoms with Gasteiger partial charge in [-0.25, -0.2) is 18.4 Å². The lowest BCUT2D eigenvalue weighted by Crippen LogP contribution is -2.18. The molecular weight excluding hydrogens is 456 g/mol. The SMILES string of the molecule is COc1nc2c(cc1C(=O)Nc1cnc(OC)c(S(=O)(=O)Nc3c(C)cccc3C)c1)CCC2. The summed E-state index contributed by atoms with van der Waals surface area (Å²) in [5.74, 6) is -0.338. The number of nitrogens with zero attached hydrogens (tertiary/aromatic N) is 2. The number of benzene rings is 1. The van der Waals surface area contributed by atoms with Gasteiger partial charge in [-0.15, -0.1) is 0 Å². The maximum atomic E-state index is 13.2. The summed E-state index contributed by atoms with van der Waals surface area (Å²) >= 11 is 0. The van der Waals surface area contributed by atoms with Crippen molar-refractivity contribution in [2.45, 2.75) is 38.0 Å². The van der Waals surface area contributed by atoms with E-state index in [-0.39, 0.29) is 27.9 Å². The van der Waals surface area contributed by atoms with Crippen LogP contribution in [0.25, 0.3) is 0 Å². The molecule has 10 heteroatoms. The van der Waals surface area contributed by atoms with Crippen LogP contribution in [0.3, 0.4) is 0 Å². The van der Waals surface area contributed by atoms with Crippen molar-refractivity contribution >= 4 is 27.3 Å². The standard InChI is InChI=1S/C24H26N4O5S/c1-14-7-5-8-15(2)21(14)28-34(30,31)20-12-17(13-25-24(20)33-4)26-22(29)18-11-16-9-6-10-19(16)27-23(18)32-3/h5,7-8,11-13,28H,6,9-10H2,1-4H3,(H,26,29). The van der Waals surface area contributed by atoms with Crippen LogP contribution >= 0.6 is 0 Å². The number of carbonyl (C=O) groups excluding carboxylic acids is 1. The lowest BCUT2D eigenvalue weighted by Gasteiger charge is -2.16. The van der Waals surface area contributed by atoms with Gasteiger partial charge < -0.3 is 14.8 Å². The molecule has 1 aromatic carbocycles. The highest BCUT2D eigenvalue weighted by molar-refractivity contribution is 7.92. The van der Waals surface area contributed by atoms with Gasteiger partial charge in [0, 0.05) is 5.69 Å². The van der Waals surface area contributed by atoms with E-state index in [9.17, 15) is 13.2 Å². The van der Waals surface area contributed by atoms with Gasteiger partial charge in [-0.1, -0.05) is 18.2 Å². The van der Waals surface area contributed by atoms with E-state index in [0.29, 0.717) is 5.69 Å². The van der Waals surface area contributed by atoms with Crippen molar-refractivity contribution < 1.29 is 22.7 Å². The number of fused-ring (bicyclic) bond motifs is 1. The summed E-state index contributed by atoms with van der Waals surface area (Å²) in [4.78, 5) is 21.4. The molecule has 1 amide bonds. The van der Waals surface area contributed by atoms with Crippen LogP contribution in [-0.2, 0) is 22.9 Å². The van der Waals surface area contributed by atoms with Gasteiger partial charge in [0.2, 0.25) is 11.8 Å². The lowest BCUT2D eigenvalue weighted by atomic mass is 10.1. The van der Waals surface area contributed by atoms with E-state index in [2.05, 4.69) is 20.0 Å². The minimum atomic E-state index is -4.07. The fraction of sp³-hybridized carbons (Fsp3) is 0.292. The molecule has 1 aliphatic rings. The second-order valence-corrected chi connectivity index (χ2v) is 9.71. The van der Waals surface area contributed by atoms with Crippen molar-refractivity contribution in [1.82, 2.24) is 9.97 Å². The maximum Gasteiger partial charge on any atom is 0.267 e. The minimum Gasteiger partial charge on any atom is -0.480 e. The number of pyridine rings is 2. The summed E-state index contributed by atoms with van der Waals surface area (Å²) in [5.41, 5.74) is 4.44. The molecule has 0 saturated carbocycles. The maximum absolute atomic E-state index is 13.2. The zero-order valence-electron chi connectivity index (χ0n) is 19.4. The van der Waals surface area contributed by atoms with Crippen LogP contribution in [0.2, 0.25) is 0 Å². The second kappa shape index (κ2) is 9.30. The van der Waals surface area contributed by atoms with Crippen LogP contribution in [0.1, 0.15) is 39.2 Å². The fourth-order valence-corrected chi connectivity index (χ4v) is 5.33. The van der Waals surface area contributed by atoms with E-state index in [0.717, 1.165) is 41.6 Å². The second-order valence-electron chi connectivity index (χ2n) is 8.06. The summed E-state index contributed by atoms with van der Waals surface area (Å²) in [6, 6.07) is 8.57. The minimum absolute atomic E-state index is 0.0893. The number of carbonyl (C=O) groups is 1. The van der Waals surface area contributed by atoms with Crippen molar-refractivity contribution in [1.29, 1.82) is 0 Å². The Balaban J connectivity index is 1.66. The molecule has 0 atom stereocenters. The number of methoxy groups -OCH3 is 2. The van der Waals surface area contributed by atoms with Crippen LogP contribution in [0, 0.1) is 13.8 Å². The molecule has 0 spiro atoms. The highest BCUT2D eigenvalue weighted by Crippen LogP contribution is 2.30. The van der Waals surface area contributed by atoms with E-state index in [1.807, 2.05) is 32.0 Å². The Morgan fingerprint density at radius 2 is 1.74 bits per heavy atom. The van der Waals surface area contributed by atoms with Crippen LogP contribution in [0.5, 0.6) is 11.8 Å². The van der Waals surface area contributed by atoms with Crippen LogP contribution in [-0.4, -0.2) is 38.5 Å². The molecule has 0 unspecified atom stereocenters. The number of amides is 1. The largest absolute Gasteiger partial charge is 0.480 e. The quantitative estimate of drug-likeness (QED) is 0.527. The number of rotatable bonds is 7. The van der Waals surface area contributed by atoms with Gasteiger partial charge in [0.1, 0.15) is 5.56 Å². The van der Waals surface area contributed by atoms with Crippen molar-refractivity contribution in [3.63, 3.8) is 0 Å². The number of hydrogen-bond acceptors (Lipinski definition) is 7. The average molecular weight is 483 g/mol. The predicted octanol–water partition coefficient (Wildman–Crippen LogP) is 3.65. The Kier molecular flexibility index (Phi) is 6.43. The molecule has 3 aromatic rings. The van der Waals surface area contributed by atoms with Crippen molar-refractivity contribution in [2.75, 3.05) is 24.3 Å². The molecule has 9 nitrogen and oxygen atoms in total. The molecule has 2 N–H and O–H groups in total. The Labute approximate surface area is 198 Å². The van der Waals surface area contributed by atoms with Gasteiger partial charge >= 0.3 is 0 Å². The van der Waals surface area contributed by atoms with E-state index in [1.165, 1.54) is 26.5 Å². The van der Waals surface area contributed by atoms with Gasteiger partial charge in [-0.3, -0.25) is 9.52 Å². The smallest absolute Gasteiger partial charge is 0.267 e. The summed E-state index contributed by atoms with van der Waals surface area (Å²) in [6.45, 7) is 3.63. The molecule has 0 fully saturated rings. The molecule has 0 bridgehead atoms. The van der Waals surface area contributed by atoms with E-state index < -0.39 is 15.9 Å². The van der Waals surface area contributed by atoms with Gasteiger partial charge in [-0.05, 0) is 61.9 Å². The first-order chi connectivity index (χ1) is 16.2. The van der Waals surface area contributed by atoms with Crippen molar-refractivity contribution in [3.05, 3.63) is 64.5 Å². The highest BCUT2D eigenvalue weighted by atomic mass is 32.2. The molecule has 2 heterocycles. The Morgan fingerprint density at radius 3 is 2.41 bits per heavy atom. The first-order valence-corrected chi connectivity index (χ1v) is 12.2. The number of nitrogens with one attached hydrogen (secondary N) is 2. The lowest BCUT2D eigenvalue weighted by molar-refractivity contribution is 0.102. The first-order valence-electron chi connectivity index (χ1n) is 10.7. The summed E-state index contributed by atoms with van der Waals surface area (Å²) in [6.07, 6.45) is 4.02. The summed E-state index contributed by atoms with van der Waals surface area (Å²) < 4.78 is 39.6. The molecule has 34 heavy (non-hydrogen) atoms. The van der Waals surface area contributed by atoms with Gasteiger partial charge in [-0.2, -0.15) is 0 Å². The number of aromatic nitrogens is 2. The van der Waals surface area contributed by atoms with Crippen LogP contribution in [0.4, 0.5) is 11.4 Å². The summed E-state index contributed by atoms with van der Waals surface area (Å²) in [7, 11) is -1.28. The number of anilines is 2. The third kappa shape index (κ3) is 4.54. The average Bonchev–Trinajstić information content (AvgIpc) is 3.28. The summed E-state index contributed by atoms with van der Waals surface area (Å²) in [5, 5.41) is 2.71. The van der Waals surface area contributed by atoms with E-state index >= 15 is 0 Å². The topological polar surface area (TPSA) is 120 Å². The van der Waals surface area contributed by atoms with Crippen molar-refractivity contribution in [3.8, 4) is 11.8 Å². The Morgan fingerprint density at radius 1 is 1.03 bits per heavy atom. The molecule has 1 aliphatic carbocycles. The fourth-order valence-electron chi connectivity index (χ4n) is 3.98. The molecular formula is C24H26N4O5S.